The molecule has 0 saturated heterocycles. The van der Waals surface area contributed by atoms with Crippen molar-refractivity contribution in [3.05, 3.63) is 41.0 Å². The molecule has 0 atom stereocenters. The lowest BCUT2D eigenvalue weighted by atomic mass is 9.80. The van der Waals surface area contributed by atoms with Gasteiger partial charge in [-0.1, -0.05) is 53.7 Å². The highest BCUT2D eigenvalue weighted by molar-refractivity contribution is 6.02. The summed E-state index contributed by atoms with van der Waals surface area (Å²) in [6.07, 6.45) is 0. The number of phenols is 1. The van der Waals surface area contributed by atoms with Gasteiger partial charge in [-0.15, -0.1) is 0 Å². The summed E-state index contributed by atoms with van der Waals surface area (Å²) >= 11 is 0. The lowest BCUT2D eigenvalue weighted by Gasteiger charge is -2.25. The Balaban J connectivity index is 2.93. The Morgan fingerprint density at radius 3 is 1.95 bits per heavy atom. The second kappa shape index (κ2) is 5.01. The number of aromatic hydroxyl groups is 1. The number of benzene rings is 2. The second-order valence-electron chi connectivity index (χ2n) is 7.89. The maximum Gasteiger partial charge on any atom is 0.339 e. The predicted molar refractivity (Wildman–Crippen MR) is 90.0 cm³/mol. The average Bonchev–Trinajstić information content (AvgIpc) is 2.35. The molecule has 0 aromatic heterocycles. The minimum absolute atomic E-state index is 0.0384. The third kappa shape index (κ3) is 2.80. The first-order chi connectivity index (χ1) is 9.93. The van der Waals surface area contributed by atoms with Crippen LogP contribution in [0.3, 0.4) is 0 Å². The van der Waals surface area contributed by atoms with E-state index in [1.54, 1.807) is 6.07 Å². The van der Waals surface area contributed by atoms with Crippen LogP contribution < -0.4 is 0 Å². The molecule has 118 valence electrons. The number of hydrogen-bond acceptors (Lipinski definition) is 2. The molecule has 2 aromatic carbocycles. The van der Waals surface area contributed by atoms with E-state index in [9.17, 15) is 15.0 Å². The molecule has 0 unspecified atom stereocenters. The maximum absolute atomic E-state index is 11.5. The molecule has 0 aliphatic carbocycles. The van der Waals surface area contributed by atoms with Gasteiger partial charge in [0.25, 0.3) is 0 Å². The normalized spacial score (nSPS) is 12.6. The first-order valence-electron chi connectivity index (χ1n) is 7.47. The van der Waals surface area contributed by atoms with Gasteiger partial charge in [0.05, 0.1) is 0 Å². The first-order valence-corrected chi connectivity index (χ1v) is 7.47. The molecule has 2 N–H and O–H groups in total. The molecule has 0 spiro atoms. The van der Waals surface area contributed by atoms with Crippen molar-refractivity contribution in [1.29, 1.82) is 0 Å². The van der Waals surface area contributed by atoms with Crippen LogP contribution in [0.15, 0.2) is 24.3 Å². The van der Waals surface area contributed by atoms with Gasteiger partial charge >= 0.3 is 5.97 Å². The van der Waals surface area contributed by atoms with Gasteiger partial charge in [-0.25, -0.2) is 4.79 Å². The summed E-state index contributed by atoms with van der Waals surface area (Å²) in [7, 11) is 0. The van der Waals surface area contributed by atoms with E-state index in [1.165, 1.54) is 0 Å². The smallest absolute Gasteiger partial charge is 0.339 e. The van der Waals surface area contributed by atoms with Gasteiger partial charge < -0.3 is 10.2 Å². The van der Waals surface area contributed by atoms with E-state index in [1.807, 2.05) is 32.9 Å². The molecule has 0 aliphatic rings. The fraction of sp³-hybridized carbons (Fsp3) is 0.421. The van der Waals surface area contributed by atoms with E-state index >= 15 is 0 Å². The van der Waals surface area contributed by atoms with Crippen molar-refractivity contribution in [2.24, 2.45) is 0 Å². The fourth-order valence-corrected chi connectivity index (χ4v) is 2.66. The van der Waals surface area contributed by atoms with E-state index in [-0.39, 0.29) is 22.1 Å². The highest BCUT2D eigenvalue weighted by Gasteiger charge is 2.24. The molecule has 22 heavy (non-hydrogen) atoms. The number of carboxylic acids is 1. The Kier molecular flexibility index (Phi) is 3.72. The van der Waals surface area contributed by atoms with Gasteiger partial charge in [-0.3, -0.25) is 0 Å². The largest absolute Gasteiger partial charge is 0.506 e. The zero-order valence-electron chi connectivity index (χ0n) is 14.1. The summed E-state index contributed by atoms with van der Waals surface area (Å²) in [5.41, 5.74) is 1.68. The minimum atomic E-state index is -1.11. The maximum atomic E-state index is 11.5. The molecular formula is C19H24O3. The Bertz CT molecular complexity index is 744. The molecule has 2 aromatic rings. The van der Waals surface area contributed by atoms with Crippen LogP contribution >= 0.6 is 0 Å². The summed E-state index contributed by atoms with van der Waals surface area (Å²) in [5.74, 6) is -1.26. The SMILES string of the molecule is CC(C)(C)c1ccc2c(C(C)(C)C)cc(C(=O)O)c(O)c2c1. The Morgan fingerprint density at radius 1 is 0.909 bits per heavy atom. The highest BCUT2D eigenvalue weighted by Crippen LogP contribution is 2.39. The third-order valence-corrected chi connectivity index (χ3v) is 4.01. The van der Waals surface area contributed by atoms with Crippen molar-refractivity contribution in [2.45, 2.75) is 52.4 Å². The Hall–Kier alpha value is -2.03. The van der Waals surface area contributed by atoms with Crippen LogP contribution in [0.25, 0.3) is 10.8 Å². The van der Waals surface area contributed by atoms with Gasteiger partial charge in [0.2, 0.25) is 0 Å². The lowest BCUT2D eigenvalue weighted by molar-refractivity contribution is 0.0694. The van der Waals surface area contributed by atoms with E-state index in [0.717, 1.165) is 16.5 Å². The van der Waals surface area contributed by atoms with Gasteiger partial charge in [-0.2, -0.15) is 0 Å². The summed E-state index contributed by atoms with van der Waals surface area (Å²) in [5, 5.41) is 21.3. The van der Waals surface area contributed by atoms with Crippen molar-refractivity contribution in [2.75, 3.05) is 0 Å². The molecule has 0 radical (unpaired) electrons. The summed E-state index contributed by atoms with van der Waals surface area (Å²) in [6.45, 7) is 12.4. The number of hydrogen-bond donors (Lipinski definition) is 2. The molecule has 0 fully saturated rings. The topological polar surface area (TPSA) is 57.5 Å². The van der Waals surface area contributed by atoms with Crippen molar-refractivity contribution >= 4 is 16.7 Å². The molecule has 0 bridgehead atoms. The van der Waals surface area contributed by atoms with Crippen molar-refractivity contribution < 1.29 is 15.0 Å². The van der Waals surface area contributed by atoms with Gasteiger partial charge in [0.15, 0.2) is 0 Å². The number of aromatic carboxylic acids is 1. The molecule has 0 saturated carbocycles. The average molecular weight is 300 g/mol. The molecule has 0 heterocycles. The van der Waals surface area contributed by atoms with E-state index in [2.05, 4.69) is 26.8 Å². The predicted octanol–water partition coefficient (Wildman–Crippen LogP) is 4.84. The van der Waals surface area contributed by atoms with E-state index in [0.29, 0.717) is 5.39 Å². The van der Waals surface area contributed by atoms with Crippen LogP contribution in [0.1, 0.15) is 63.0 Å². The molecule has 0 aliphatic heterocycles. The van der Waals surface area contributed by atoms with E-state index < -0.39 is 5.97 Å². The van der Waals surface area contributed by atoms with Crippen LogP contribution in [0.2, 0.25) is 0 Å². The van der Waals surface area contributed by atoms with Crippen molar-refractivity contribution in [3.63, 3.8) is 0 Å². The zero-order valence-corrected chi connectivity index (χ0v) is 14.1. The monoisotopic (exact) mass is 300 g/mol. The number of carboxylic acid groups (broad SMARTS) is 1. The van der Waals surface area contributed by atoms with Crippen molar-refractivity contribution in [1.82, 2.24) is 0 Å². The zero-order chi connectivity index (χ0) is 16.9. The molecule has 2 rings (SSSR count). The Morgan fingerprint density at radius 2 is 1.50 bits per heavy atom. The van der Waals surface area contributed by atoms with Crippen LogP contribution in [-0.2, 0) is 10.8 Å². The first kappa shape index (κ1) is 16.3. The summed E-state index contributed by atoms with van der Waals surface area (Å²) in [4.78, 5) is 11.5. The highest BCUT2D eigenvalue weighted by atomic mass is 16.4. The van der Waals surface area contributed by atoms with Crippen LogP contribution in [0.5, 0.6) is 5.75 Å². The third-order valence-electron chi connectivity index (χ3n) is 4.01. The molecule has 3 nitrogen and oxygen atoms in total. The second-order valence-corrected chi connectivity index (χ2v) is 7.89. The standard InChI is InChI=1S/C19H24O3/c1-18(2,3)11-7-8-12-13(9-11)16(20)14(17(21)22)10-15(12)19(4,5)6/h7-10,20H,1-6H3,(H,21,22). The Labute approximate surface area is 131 Å². The van der Waals surface area contributed by atoms with Gasteiger partial charge in [-0.05, 0) is 39.5 Å². The summed E-state index contributed by atoms with van der Waals surface area (Å²) < 4.78 is 0. The fourth-order valence-electron chi connectivity index (χ4n) is 2.66. The lowest BCUT2D eigenvalue weighted by Crippen LogP contribution is -2.15. The van der Waals surface area contributed by atoms with Crippen LogP contribution in [0, 0.1) is 0 Å². The minimum Gasteiger partial charge on any atom is -0.506 e. The van der Waals surface area contributed by atoms with Crippen molar-refractivity contribution in [3.8, 4) is 5.75 Å². The number of fused-ring (bicyclic) bond motifs is 1. The summed E-state index contributed by atoms with van der Waals surface area (Å²) in [6, 6.07) is 7.54. The van der Waals surface area contributed by atoms with Gasteiger partial charge in [0.1, 0.15) is 11.3 Å². The van der Waals surface area contributed by atoms with E-state index in [4.69, 9.17) is 0 Å². The molecular weight excluding hydrogens is 276 g/mol. The number of rotatable bonds is 1. The van der Waals surface area contributed by atoms with Gasteiger partial charge in [0, 0.05) is 5.39 Å². The van der Waals surface area contributed by atoms with Crippen LogP contribution in [0.4, 0.5) is 0 Å². The number of carbonyl (C=O) groups is 1. The molecule has 0 amide bonds. The van der Waals surface area contributed by atoms with Crippen LogP contribution in [-0.4, -0.2) is 16.2 Å². The molecule has 3 heteroatoms. The quantitative estimate of drug-likeness (QED) is 0.792.